The number of amides is 1. The largest absolute Gasteiger partial charge is 0.311 e. The molecule has 1 aliphatic heterocycles. The monoisotopic (exact) mass is 370 g/mol. The van der Waals surface area contributed by atoms with Crippen molar-refractivity contribution in [2.45, 2.75) is 32.6 Å². The van der Waals surface area contributed by atoms with Crippen LogP contribution >= 0.6 is 0 Å². The average Bonchev–Trinajstić information content (AvgIpc) is 2.81. The number of sulfonamides is 1. The lowest BCUT2D eigenvalue weighted by atomic mass is 10.0. The Morgan fingerprint density at radius 2 is 1.73 bits per heavy atom. The average molecular weight is 370 g/mol. The molecule has 0 unspecified atom stereocenters. The highest BCUT2D eigenvalue weighted by Crippen LogP contribution is 2.39. The SMILES string of the molecule is CC(C)=C1C(=O)N(C)c2ccc(S(=O)(=O)Nc3cc(C)ccc3C)cc21. The van der Waals surface area contributed by atoms with Crippen molar-refractivity contribution in [3.05, 3.63) is 58.7 Å². The minimum atomic E-state index is -3.76. The highest BCUT2D eigenvalue weighted by atomic mass is 32.2. The van der Waals surface area contributed by atoms with E-state index in [1.54, 1.807) is 30.1 Å². The van der Waals surface area contributed by atoms with Gasteiger partial charge in [0.15, 0.2) is 0 Å². The molecule has 0 spiro atoms. The van der Waals surface area contributed by atoms with Gasteiger partial charge in [-0.1, -0.05) is 17.7 Å². The molecule has 26 heavy (non-hydrogen) atoms. The molecule has 0 radical (unpaired) electrons. The molecule has 0 aromatic heterocycles. The van der Waals surface area contributed by atoms with E-state index < -0.39 is 10.0 Å². The lowest BCUT2D eigenvalue weighted by Crippen LogP contribution is -2.20. The van der Waals surface area contributed by atoms with Gasteiger partial charge in [-0.2, -0.15) is 0 Å². The molecule has 0 fully saturated rings. The second-order valence-electron chi connectivity index (χ2n) is 6.84. The topological polar surface area (TPSA) is 66.5 Å². The Labute approximate surface area is 154 Å². The zero-order valence-electron chi connectivity index (χ0n) is 15.5. The Hall–Kier alpha value is -2.60. The van der Waals surface area contributed by atoms with E-state index in [4.69, 9.17) is 0 Å². The van der Waals surface area contributed by atoms with E-state index >= 15 is 0 Å². The molecule has 2 aromatic carbocycles. The number of benzene rings is 2. The summed E-state index contributed by atoms with van der Waals surface area (Å²) in [5.74, 6) is -0.114. The second kappa shape index (κ2) is 6.29. The molecule has 0 saturated heterocycles. The van der Waals surface area contributed by atoms with Gasteiger partial charge in [0.25, 0.3) is 15.9 Å². The minimum absolute atomic E-state index is 0.114. The smallest absolute Gasteiger partial charge is 0.261 e. The lowest BCUT2D eigenvalue weighted by molar-refractivity contribution is -0.112. The van der Waals surface area contributed by atoms with E-state index in [0.717, 1.165) is 22.4 Å². The van der Waals surface area contributed by atoms with Crippen molar-refractivity contribution in [2.75, 3.05) is 16.7 Å². The molecule has 0 bridgehead atoms. The number of fused-ring (bicyclic) bond motifs is 1. The summed E-state index contributed by atoms with van der Waals surface area (Å²) in [5.41, 5.74) is 5.17. The maximum absolute atomic E-state index is 12.9. The number of nitrogens with one attached hydrogen (secondary N) is 1. The Morgan fingerprint density at radius 3 is 2.38 bits per heavy atom. The summed E-state index contributed by atoms with van der Waals surface area (Å²) in [5, 5.41) is 0. The Bertz CT molecular complexity index is 1050. The lowest BCUT2D eigenvalue weighted by Gasteiger charge is -2.13. The molecule has 136 valence electrons. The molecule has 1 amide bonds. The summed E-state index contributed by atoms with van der Waals surface area (Å²) >= 11 is 0. The maximum Gasteiger partial charge on any atom is 0.261 e. The number of allylic oxidation sites excluding steroid dienone is 1. The van der Waals surface area contributed by atoms with E-state index in [2.05, 4.69) is 4.72 Å². The molecule has 2 aromatic rings. The third-order valence-electron chi connectivity index (χ3n) is 4.56. The predicted molar refractivity (Wildman–Crippen MR) is 105 cm³/mol. The zero-order chi connectivity index (χ0) is 19.2. The fourth-order valence-electron chi connectivity index (χ4n) is 3.10. The van der Waals surface area contributed by atoms with Crippen molar-refractivity contribution < 1.29 is 13.2 Å². The van der Waals surface area contributed by atoms with Gasteiger partial charge in [0.2, 0.25) is 0 Å². The maximum atomic E-state index is 12.9. The second-order valence-corrected chi connectivity index (χ2v) is 8.52. The van der Waals surface area contributed by atoms with E-state index in [1.807, 2.05) is 39.8 Å². The first-order chi connectivity index (χ1) is 12.1. The highest BCUT2D eigenvalue weighted by Gasteiger charge is 2.32. The molecular formula is C20H22N2O3S. The van der Waals surface area contributed by atoms with Crippen LogP contribution in [0.4, 0.5) is 11.4 Å². The van der Waals surface area contributed by atoms with E-state index in [-0.39, 0.29) is 10.8 Å². The van der Waals surface area contributed by atoms with Gasteiger partial charge in [-0.05, 0) is 63.1 Å². The van der Waals surface area contributed by atoms with Crippen LogP contribution in [0, 0.1) is 13.8 Å². The number of likely N-dealkylation sites (N-methyl/N-ethyl adjacent to an activating group) is 1. The van der Waals surface area contributed by atoms with Gasteiger partial charge in [-0.25, -0.2) is 8.42 Å². The fourth-order valence-corrected chi connectivity index (χ4v) is 4.25. The Morgan fingerprint density at radius 1 is 1.04 bits per heavy atom. The first-order valence-electron chi connectivity index (χ1n) is 8.32. The van der Waals surface area contributed by atoms with Crippen LogP contribution in [0.25, 0.3) is 5.57 Å². The molecule has 1 heterocycles. The summed E-state index contributed by atoms with van der Waals surface area (Å²) in [6.45, 7) is 7.47. The molecule has 0 saturated carbocycles. The van der Waals surface area contributed by atoms with Crippen LogP contribution in [-0.2, 0) is 14.8 Å². The van der Waals surface area contributed by atoms with Crippen molar-refractivity contribution in [3.8, 4) is 0 Å². The molecule has 0 atom stereocenters. The summed E-state index contributed by atoms with van der Waals surface area (Å²) in [7, 11) is -2.07. The van der Waals surface area contributed by atoms with Gasteiger partial charge in [0.05, 0.1) is 16.3 Å². The van der Waals surface area contributed by atoms with Crippen LogP contribution in [0.2, 0.25) is 0 Å². The third-order valence-corrected chi connectivity index (χ3v) is 5.93. The number of rotatable bonds is 3. The number of hydrogen-bond donors (Lipinski definition) is 1. The number of aryl methyl sites for hydroxylation is 2. The molecule has 1 aliphatic rings. The van der Waals surface area contributed by atoms with Crippen LogP contribution in [0.5, 0.6) is 0 Å². The number of carbonyl (C=O) groups is 1. The summed E-state index contributed by atoms with van der Waals surface area (Å²) < 4.78 is 28.4. The van der Waals surface area contributed by atoms with Gasteiger partial charge < -0.3 is 4.90 Å². The van der Waals surface area contributed by atoms with Gasteiger partial charge in [-0.15, -0.1) is 0 Å². The Balaban J connectivity index is 2.07. The standard InChI is InChI=1S/C20H22N2O3S/c1-12(2)19-16-11-15(8-9-18(16)22(5)20(19)23)26(24,25)21-17-10-13(3)6-7-14(17)4/h6-11,21H,1-5H3. The zero-order valence-corrected chi connectivity index (χ0v) is 16.4. The van der Waals surface area contributed by atoms with E-state index in [0.29, 0.717) is 16.8 Å². The van der Waals surface area contributed by atoms with Crippen LogP contribution in [0.15, 0.2) is 46.9 Å². The molecule has 0 aliphatic carbocycles. The summed E-state index contributed by atoms with van der Waals surface area (Å²) in [4.78, 5) is 14.1. The van der Waals surface area contributed by atoms with Gasteiger partial charge in [0, 0.05) is 18.2 Å². The van der Waals surface area contributed by atoms with Gasteiger partial charge >= 0.3 is 0 Å². The summed E-state index contributed by atoms with van der Waals surface area (Å²) in [6.07, 6.45) is 0. The van der Waals surface area contributed by atoms with Crippen molar-refractivity contribution >= 4 is 32.9 Å². The van der Waals surface area contributed by atoms with Crippen LogP contribution in [0.3, 0.4) is 0 Å². The number of carbonyl (C=O) groups excluding carboxylic acids is 1. The van der Waals surface area contributed by atoms with Crippen molar-refractivity contribution in [1.29, 1.82) is 0 Å². The number of nitrogens with zero attached hydrogens (tertiary/aromatic N) is 1. The normalized spacial score (nSPS) is 13.8. The molecular weight excluding hydrogens is 348 g/mol. The number of hydrogen-bond acceptors (Lipinski definition) is 3. The highest BCUT2D eigenvalue weighted by molar-refractivity contribution is 7.92. The van der Waals surface area contributed by atoms with Crippen molar-refractivity contribution in [2.24, 2.45) is 0 Å². The van der Waals surface area contributed by atoms with Crippen LogP contribution in [-0.4, -0.2) is 21.4 Å². The molecule has 6 heteroatoms. The first kappa shape index (κ1) is 18.2. The minimum Gasteiger partial charge on any atom is -0.311 e. The van der Waals surface area contributed by atoms with Crippen molar-refractivity contribution in [3.63, 3.8) is 0 Å². The quantitative estimate of drug-likeness (QED) is 0.834. The van der Waals surface area contributed by atoms with E-state index in [1.165, 1.54) is 6.07 Å². The van der Waals surface area contributed by atoms with Gasteiger partial charge in [-0.3, -0.25) is 9.52 Å². The van der Waals surface area contributed by atoms with Gasteiger partial charge in [0.1, 0.15) is 0 Å². The first-order valence-corrected chi connectivity index (χ1v) is 9.80. The predicted octanol–water partition coefficient (Wildman–Crippen LogP) is 3.87. The van der Waals surface area contributed by atoms with Crippen LogP contribution in [0.1, 0.15) is 30.5 Å². The van der Waals surface area contributed by atoms with Crippen molar-refractivity contribution in [1.82, 2.24) is 0 Å². The third kappa shape index (κ3) is 3.01. The van der Waals surface area contributed by atoms with E-state index in [9.17, 15) is 13.2 Å². The number of anilines is 2. The summed E-state index contributed by atoms with van der Waals surface area (Å²) in [6, 6.07) is 10.4. The Kier molecular flexibility index (Phi) is 4.40. The molecule has 3 rings (SSSR count). The molecule has 1 N–H and O–H groups in total. The molecule has 5 nitrogen and oxygen atoms in total. The van der Waals surface area contributed by atoms with Crippen LogP contribution < -0.4 is 9.62 Å². The fraction of sp³-hybridized carbons (Fsp3) is 0.250.